The summed E-state index contributed by atoms with van der Waals surface area (Å²) in [6.45, 7) is 3.00. The van der Waals surface area contributed by atoms with Crippen molar-refractivity contribution in [3.05, 3.63) is 46.0 Å². The van der Waals surface area contributed by atoms with Gasteiger partial charge in [-0.1, -0.05) is 13.0 Å². The van der Waals surface area contributed by atoms with Crippen molar-refractivity contribution < 1.29 is 4.42 Å². The average Bonchev–Trinajstić information content (AvgIpc) is 3.02. The minimum Gasteiger partial charge on any atom is -0.464 e. The molecule has 2 aromatic rings. The largest absolute Gasteiger partial charge is 0.464 e. The van der Waals surface area contributed by atoms with Crippen LogP contribution in [0, 0.1) is 0 Å². The van der Waals surface area contributed by atoms with Crippen LogP contribution in [-0.2, 0) is 12.3 Å². The summed E-state index contributed by atoms with van der Waals surface area (Å²) in [6.07, 6.45) is 3.18. The van der Waals surface area contributed by atoms with Gasteiger partial charge in [0, 0.05) is 10.9 Å². The van der Waals surface area contributed by atoms with Crippen LogP contribution in [0.4, 0.5) is 0 Å². The van der Waals surface area contributed by atoms with Gasteiger partial charge in [-0.3, -0.25) is 0 Å². The van der Waals surface area contributed by atoms with Crippen LogP contribution in [0.3, 0.4) is 0 Å². The maximum Gasteiger partial charge on any atom is 0.118 e. The van der Waals surface area contributed by atoms with Gasteiger partial charge in [-0.15, -0.1) is 11.3 Å². The Morgan fingerprint density at radius 1 is 1.33 bits per heavy atom. The molecule has 0 radical (unpaired) electrons. The maximum atomic E-state index is 5.76. The van der Waals surface area contributed by atoms with E-state index in [1.807, 2.05) is 11.3 Å². The molecule has 0 aliphatic heterocycles. The number of hydrogen-bond donors (Lipinski definition) is 1. The van der Waals surface area contributed by atoms with Crippen molar-refractivity contribution >= 4 is 23.1 Å². The zero-order valence-corrected chi connectivity index (χ0v) is 12.4. The highest BCUT2D eigenvalue weighted by Gasteiger charge is 2.10. The Balaban J connectivity index is 1.89. The molecule has 2 heterocycles. The van der Waals surface area contributed by atoms with E-state index in [0.717, 1.165) is 30.2 Å². The van der Waals surface area contributed by atoms with Crippen molar-refractivity contribution in [2.24, 2.45) is 0 Å². The molecule has 0 saturated carbocycles. The molecule has 1 atom stereocenters. The molecule has 0 amide bonds. The summed E-state index contributed by atoms with van der Waals surface area (Å²) < 4.78 is 5.76. The smallest absolute Gasteiger partial charge is 0.118 e. The molecule has 98 valence electrons. The normalized spacial score (nSPS) is 12.8. The van der Waals surface area contributed by atoms with Gasteiger partial charge in [-0.2, -0.15) is 11.8 Å². The van der Waals surface area contributed by atoms with Crippen molar-refractivity contribution in [3.63, 3.8) is 0 Å². The van der Waals surface area contributed by atoms with Crippen LogP contribution in [0.5, 0.6) is 0 Å². The Morgan fingerprint density at radius 2 is 2.17 bits per heavy atom. The monoisotopic (exact) mass is 281 g/mol. The van der Waals surface area contributed by atoms with E-state index < -0.39 is 0 Å². The van der Waals surface area contributed by atoms with Gasteiger partial charge in [0.15, 0.2) is 0 Å². The topological polar surface area (TPSA) is 25.2 Å². The number of nitrogens with one attached hydrogen (secondary N) is 1. The van der Waals surface area contributed by atoms with Crippen LogP contribution < -0.4 is 5.32 Å². The Labute approximate surface area is 117 Å². The number of thioether (sulfide) groups is 1. The number of rotatable bonds is 7. The SMILES string of the molecule is CCC(NCc1ccc(CSC)o1)c1cccs1. The summed E-state index contributed by atoms with van der Waals surface area (Å²) in [5.74, 6) is 3.03. The van der Waals surface area contributed by atoms with Gasteiger partial charge in [0.25, 0.3) is 0 Å². The van der Waals surface area contributed by atoms with Crippen LogP contribution in [0.1, 0.15) is 35.8 Å². The molecule has 2 rings (SSSR count). The molecule has 0 saturated heterocycles. The molecular formula is C14H19NOS2. The molecule has 2 nitrogen and oxygen atoms in total. The first-order valence-corrected chi connectivity index (χ1v) is 8.44. The van der Waals surface area contributed by atoms with Gasteiger partial charge in [-0.25, -0.2) is 0 Å². The molecule has 18 heavy (non-hydrogen) atoms. The zero-order chi connectivity index (χ0) is 12.8. The standard InChI is InChI=1S/C14H19NOS2/c1-3-13(14-5-4-8-18-14)15-9-11-6-7-12(16-11)10-17-2/h4-8,13,15H,3,9-10H2,1-2H3. The molecule has 2 aromatic heterocycles. The van der Waals surface area contributed by atoms with Gasteiger partial charge in [0.05, 0.1) is 12.3 Å². The minimum atomic E-state index is 0.430. The van der Waals surface area contributed by atoms with Crippen molar-refractivity contribution in [1.29, 1.82) is 0 Å². The van der Waals surface area contributed by atoms with Crippen molar-refractivity contribution in [2.45, 2.75) is 31.7 Å². The highest BCUT2D eigenvalue weighted by Crippen LogP contribution is 2.22. The predicted octanol–water partition coefficient (Wildman–Crippen LogP) is 4.45. The highest BCUT2D eigenvalue weighted by atomic mass is 32.2. The lowest BCUT2D eigenvalue weighted by molar-refractivity contribution is 0.431. The third kappa shape index (κ3) is 3.64. The van der Waals surface area contributed by atoms with Gasteiger partial charge < -0.3 is 9.73 Å². The van der Waals surface area contributed by atoms with E-state index in [9.17, 15) is 0 Å². The molecule has 0 bridgehead atoms. The molecule has 0 aromatic carbocycles. The molecule has 0 fully saturated rings. The summed E-state index contributed by atoms with van der Waals surface area (Å²) in [4.78, 5) is 1.40. The average molecular weight is 281 g/mol. The van der Waals surface area contributed by atoms with Gasteiger partial charge in [0.2, 0.25) is 0 Å². The molecular weight excluding hydrogens is 262 g/mol. The highest BCUT2D eigenvalue weighted by molar-refractivity contribution is 7.97. The van der Waals surface area contributed by atoms with Crippen LogP contribution in [-0.4, -0.2) is 6.26 Å². The summed E-state index contributed by atoms with van der Waals surface area (Å²) in [5, 5.41) is 5.68. The third-order valence-corrected chi connectivity index (χ3v) is 4.38. The van der Waals surface area contributed by atoms with Gasteiger partial charge in [0.1, 0.15) is 11.5 Å². The first-order valence-electron chi connectivity index (χ1n) is 6.16. The summed E-state index contributed by atoms with van der Waals surface area (Å²) in [5.41, 5.74) is 0. The van der Waals surface area contributed by atoms with Crippen LogP contribution >= 0.6 is 23.1 Å². The molecule has 1 N–H and O–H groups in total. The lowest BCUT2D eigenvalue weighted by Crippen LogP contribution is -2.18. The van der Waals surface area contributed by atoms with Crippen LogP contribution in [0.15, 0.2) is 34.1 Å². The summed E-state index contributed by atoms with van der Waals surface area (Å²) in [7, 11) is 0. The van der Waals surface area contributed by atoms with E-state index in [2.05, 4.69) is 48.1 Å². The Bertz CT molecular complexity index is 450. The van der Waals surface area contributed by atoms with Crippen molar-refractivity contribution in [2.75, 3.05) is 6.26 Å². The quantitative estimate of drug-likeness (QED) is 0.812. The van der Waals surface area contributed by atoms with E-state index in [-0.39, 0.29) is 0 Å². The zero-order valence-electron chi connectivity index (χ0n) is 10.8. The lowest BCUT2D eigenvalue weighted by Gasteiger charge is -2.14. The van der Waals surface area contributed by atoms with Gasteiger partial charge in [-0.05, 0) is 36.3 Å². The number of hydrogen-bond acceptors (Lipinski definition) is 4. The molecule has 0 aliphatic rings. The minimum absolute atomic E-state index is 0.430. The van der Waals surface area contributed by atoms with Crippen LogP contribution in [0.25, 0.3) is 0 Å². The maximum absolute atomic E-state index is 5.76. The van der Waals surface area contributed by atoms with E-state index in [0.29, 0.717) is 6.04 Å². The van der Waals surface area contributed by atoms with E-state index in [4.69, 9.17) is 4.42 Å². The fraction of sp³-hybridized carbons (Fsp3) is 0.429. The van der Waals surface area contributed by atoms with Crippen molar-refractivity contribution in [1.82, 2.24) is 5.32 Å². The van der Waals surface area contributed by atoms with E-state index >= 15 is 0 Å². The van der Waals surface area contributed by atoms with E-state index in [1.54, 1.807) is 11.8 Å². The first kappa shape index (κ1) is 13.7. The molecule has 4 heteroatoms. The fourth-order valence-corrected chi connectivity index (χ4v) is 3.22. The Morgan fingerprint density at radius 3 is 2.83 bits per heavy atom. The molecule has 1 unspecified atom stereocenters. The molecule has 0 spiro atoms. The second kappa shape index (κ2) is 7.02. The second-order valence-electron chi connectivity index (χ2n) is 4.16. The first-order chi connectivity index (χ1) is 8.83. The lowest BCUT2D eigenvalue weighted by atomic mass is 10.2. The van der Waals surface area contributed by atoms with E-state index in [1.165, 1.54) is 4.88 Å². The summed E-state index contributed by atoms with van der Waals surface area (Å²) >= 11 is 3.59. The van der Waals surface area contributed by atoms with Crippen molar-refractivity contribution in [3.8, 4) is 0 Å². The molecule has 0 aliphatic carbocycles. The Kier molecular flexibility index (Phi) is 5.35. The third-order valence-electron chi connectivity index (χ3n) is 2.82. The predicted molar refractivity (Wildman–Crippen MR) is 80.1 cm³/mol. The number of furan rings is 1. The Hall–Kier alpha value is -0.710. The number of thiophene rings is 1. The second-order valence-corrected chi connectivity index (χ2v) is 6.00. The van der Waals surface area contributed by atoms with Crippen LogP contribution in [0.2, 0.25) is 0 Å². The van der Waals surface area contributed by atoms with Gasteiger partial charge >= 0.3 is 0 Å². The summed E-state index contributed by atoms with van der Waals surface area (Å²) in [6, 6.07) is 8.86. The fourth-order valence-electron chi connectivity index (χ4n) is 1.90.